The van der Waals surface area contributed by atoms with E-state index in [1.807, 2.05) is 0 Å². The van der Waals surface area contributed by atoms with Gasteiger partial charge in [0.15, 0.2) is 0 Å². The summed E-state index contributed by atoms with van der Waals surface area (Å²) in [5, 5.41) is 7.80. The Bertz CT molecular complexity index is 1090. The first-order valence-electron chi connectivity index (χ1n) is 6.69. The van der Waals surface area contributed by atoms with Gasteiger partial charge in [0.25, 0.3) is 15.6 Å². The van der Waals surface area contributed by atoms with E-state index in [-0.39, 0.29) is 15.8 Å². The highest BCUT2D eigenvalue weighted by molar-refractivity contribution is 7.89. The fourth-order valence-corrected chi connectivity index (χ4v) is 3.85. The quantitative estimate of drug-likeness (QED) is 0.709. The molecule has 0 N–H and O–H groups in total. The molecule has 118 valence electrons. The van der Waals surface area contributed by atoms with Crippen LogP contribution in [-0.2, 0) is 10.0 Å². The van der Waals surface area contributed by atoms with Crippen LogP contribution < -0.4 is 5.56 Å². The van der Waals surface area contributed by atoms with Crippen LogP contribution in [-0.4, -0.2) is 22.8 Å². The molecule has 23 heavy (non-hydrogen) atoms. The van der Waals surface area contributed by atoms with Crippen molar-refractivity contribution in [3.63, 3.8) is 0 Å². The van der Waals surface area contributed by atoms with Crippen molar-refractivity contribution in [1.82, 2.24) is 14.4 Å². The van der Waals surface area contributed by atoms with Crippen LogP contribution in [0.1, 0.15) is 11.1 Å². The molecule has 0 saturated carbocycles. The lowest BCUT2D eigenvalue weighted by atomic mass is 10.2. The highest BCUT2D eigenvalue weighted by Gasteiger charge is 2.23. The van der Waals surface area contributed by atoms with Gasteiger partial charge >= 0.3 is 0 Å². The second-order valence-corrected chi connectivity index (χ2v) is 7.35. The van der Waals surface area contributed by atoms with Gasteiger partial charge in [-0.3, -0.25) is 4.79 Å². The summed E-state index contributed by atoms with van der Waals surface area (Å²) in [4.78, 5) is 12.5. The molecule has 0 atom stereocenters. The molecule has 0 saturated heterocycles. The van der Waals surface area contributed by atoms with Crippen molar-refractivity contribution >= 4 is 32.5 Å². The Morgan fingerprint density at radius 2 is 1.83 bits per heavy atom. The molecule has 0 aliphatic heterocycles. The van der Waals surface area contributed by atoms with Gasteiger partial charge < -0.3 is 0 Å². The maximum atomic E-state index is 12.8. The first-order chi connectivity index (χ1) is 10.8. The molecule has 0 aliphatic rings. The Balaban J connectivity index is 2.33. The first kappa shape index (κ1) is 15.6. The summed E-state index contributed by atoms with van der Waals surface area (Å²) in [5.41, 5.74) is 0.791. The van der Waals surface area contributed by atoms with E-state index in [9.17, 15) is 13.2 Å². The highest BCUT2D eigenvalue weighted by atomic mass is 35.5. The average molecular weight is 350 g/mol. The summed E-state index contributed by atoms with van der Waals surface area (Å²) in [7, 11) is -4.14. The van der Waals surface area contributed by atoms with Crippen LogP contribution in [0.3, 0.4) is 0 Å². The summed E-state index contributed by atoms with van der Waals surface area (Å²) < 4.78 is 26.0. The van der Waals surface area contributed by atoms with E-state index < -0.39 is 15.6 Å². The van der Waals surface area contributed by atoms with Gasteiger partial charge in [0.2, 0.25) is 0 Å². The lowest BCUT2D eigenvalue weighted by Gasteiger charge is -2.09. The standard InChI is InChI=1S/C15H12ClN3O3S/c1-9-3-4-10(2)14(7-9)23(21,22)19-15(20)12-8-11(16)5-6-13(12)17-18-19/h3-8H,1-2H3. The normalized spacial score (nSPS) is 11.8. The fraction of sp³-hybridized carbons (Fsp3) is 0.133. The van der Waals surface area contributed by atoms with Crippen LogP contribution in [0.5, 0.6) is 0 Å². The van der Waals surface area contributed by atoms with Crippen LogP contribution in [0, 0.1) is 13.8 Å². The summed E-state index contributed by atoms with van der Waals surface area (Å²) in [6.07, 6.45) is 0. The van der Waals surface area contributed by atoms with Crippen molar-refractivity contribution in [3.8, 4) is 0 Å². The number of hydrogen-bond donors (Lipinski definition) is 0. The summed E-state index contributed by atoms with van der Waals surface area (Å²) >= 11 is 5.87. The maximum Gasteiger partial charge on any atom is 0.292 e. The van der Waals surface area contributed by atoms with E-state index in [2.05, 4.69) is 10.3 Å². The molecule has 0 fully saturated rings. The van der Waals surface area contributed by atoms with E-state index in [1.54, 1.807) is 32.0 Å². The number of halogens is 1. The van der Waals surface area contributed by atoms with Crippen molar-refractivity contribution < 1.29 is 8.42 Å². The van der Waals surface area contributed by atoms with Gasteiger partial charge in [0.05, 0.1) is 10.3 Å². The Morgan fingerprint density at radius 3 is 2.57 bits per heavy atom. The monoisotopic (exact) mass is 349 g/mol. The molecule has 0 aliphatic carbocycles. The van der Waals surface area contributed by atoms with E-state index in [4.69, 9.17) is 11.6 Å². The van der Waals surface area contributed by atoms with Gasteiger partial charge in [-0.05, 0) is 54.5 Å². The zero-order valence-electron chi connectivity index (χ0n) is 12.3. The van der Waals surface area contributed by atoms with Crippen LogP contribution in [0.15, 0.2) is 46.1 Å². The molecule has 6 nitrogen and oxygen atoms in total. The summed E-state index contributed by atoms with van der Waals surface area (Å²) in [6.45, 7) is 3.43. The van der Waals surface area contributed by atoms with Crippen molar-refractivity contribution in [3.05, 3.63) is 62.9 Å². The smallest absolute Gasteiger partial charge is 0.266 e. The minimum absolute atomic E-state index is 0.0234. The highest BCUT2D eigenvalue weighted by Crippen LogP contribution is 2.19. The molecular weight excluding hydrogens is 338 g/mol. The molecule has 8 heteroatoms. The number of aryl methyl sites for hydroxylation is 2. The summed E-state index contributed by atoms with van der Waals surface area (Å²) in [6, 6.07) is 9.42. The third-order valence-electron chi connectivity index (χ3n) is 3.45. The zero-order valence-corrected chi connectivity index (χ0v) is 13.9. The Hall–Kier alpha value is -2.25. The van der Waals surface area contributed by atoms with Gasteiger partial charge in [0.1, 0.15) is 5.52 Å². The maximum absolute atomic E-state index is 12.8. The predicted molar refractivity (Wildman–Crippen MR) is 87.3 cm³/mol. The minimum Gasteiger partial charge on any atom is -0.266 e. The zero-order chi connectivity index (χ0) is 16.8. The van der Waals surface area contributed by atoms with Crippen molar-refractivity contribution in [2.45, 2.75) is 18.7 Å². The van der Waals surface area contributed by atoms with E-state index in [0.717, 1.165) is 5.56 Å². The molecule has 0 radical (unpaired) electrons. The van der Waals surface area contributed by atoms with Crippen molar-refractivity contribution in [2.75, 3.05) is 0 Å². The largest absolute Gasteiger partial charge is 0.292 e. The number of nitrogens with zero attached hydrogens (tertiary/aromatic N) is 3. The van der Waals surface area contributed by atoms with Crippen LogP contribution in [0.25, 0.3) is 10.9 Å². The van der Waals surface area contributed by atoms with E-state index in [0.29, 0.717) is 14.7 Å². The SMILES string of the molecule is Cc1ccc(C)c(S(=O)(=O)n2nnc3ccc(Cl)cc3c2=O)c1. The molecule has 3 aromatic rings. The van der Waals surface area contributed by atoms with Crippen LogP contribution in [0.2, 0.25) is 5.02 Å². The fourth-order valence-electron chi connectivity index (χ4n) is 2.23. The topological polar surface area (TPSA) is 81.9 Å². The first-order valence-corrected chi connectivity index (χ1v) is 8.50. The predicted octanol–water partition coefficient (Wildman–Crippen LogP) is 2.30. The van der Waals surface area contributed by atoms with Gasteiger partial charge in [0, 0.05) is 5.02 Å². The number of fused-ring (bicyclic) bond motifs is 1. The molecular formula is C15H12ClN3O3S. The molecule has 3 rings (SSSR count). The second-order valence-electron chi connectivity index (χ2n) is 5.17. The number of aromatic nitrogens is 3. The molecule has 1 aromatic heterocycles. The summed E-state index contributed by atoms with van der Waals surface area (Å²) in [5.74, 6) is 0. The van der Waals surface area contributed by atoms with Gasteiger partial charge in [-0.1, -0.05) is 27.8 Å². The van der Waals surface area contributed by atoms with E-state index >= 15 is 0 Å². The number of rotatable bonds is 2. The molecule has 1 heterocycles. The van der Waals surface area contributed by atoms with Crippen molar-refractivity contribution in [2.24, 2.45) is 0 Å². The second kappa shape index (κ2) is 5.43. The average Bonchev–Trinajstić information content (AvgIpc) is 2.50. The van der Waals surface area contributed by atoms with E-state index in [1.165, 1.54) is 18.2 Å². The number of hydrogen-bond acceptors (Lipinski definition) is 5. The third-order valence-corrected chi connectivity index (χ3v) is 5.37. The lowest BCUT2D eigenvalue weighted by molar-refractivity contribution is 0.570. The molecule has 0 amide bonds. The van der Waals surface area contributed by atoms with Crippen LogP contribution >= 0.6 is 11.6 Å². The Morgan fingerprint density at radius 1 is 1.09 bits per heavy atom. The number of benzene rings is 2. The van der Waals surface area contributed by atoms with Crippen molar-refractivity contribution in [1.29, 1.82) is 0 Å². The Labute approximate surface area is 137 Å². The molecule has 0 unspecified atom stereocenters. The molecule has 0 spiro atoms. The Kier molecular flexibility index (Phi) is 3.69. The third kappa shape index (κ3) is 2.62. The van der Waals surface area contributed by atoms with Gasteiger partial charge in [-0.25, -0.2) is 0 Å². The minimum atomic E-state index is -4.14. The lowest BCUT2D eigenvalue weighted by Crippen LogP contribution is -2.31. The van der Waals surface area contributed by atoms with Gasteiger partial charge in [-0.15, -0.1) is 5.10 Å². The molecule has 2 aromatic carbocycles. The molecule has 0 bridgehead atoms. The van der Waals surface area contributed by atoms with Crippen LogP contribution in [0.4, 0.5) is 0 Å². The van der Waals surface area contributed by atoms with Gasteiger partial charge in [-0.2, -0.15) is 8.42 Å².